The summed E-state index contributed by atoms with van der Waals surface area (Å²) in [6.07, 6.45) is 17.8. The Balaban J connectivity index is 0.000000251. The highest BCUT2D eigenvalue weighted by atomic mass is 15.1. The molecule has 0 radical (unpaired) electrons. The lowest BCUT2D eigenvalue weighted by Gasteiger charge is -1.98. The molecule has 2 aromatic heterocycles. The maximum absolute atomic E-state index is 2.33. The summed E-state index contributed by atoms with van der Waals surface area (Å²) < 4.78 is 8.97. The molecule has 0 spiro atoms. The van der Waals surface area contributed by atoms with Crippen molar-refractivity contribution >= 4 is 0 Å². The monoisotopic (exact) mass is 348 g/mol. The normalized spacial score (nSPS) is 10.6. The molecule has 25 heavy (non-hydrogen) atoms. The van der Waals surface area contributed by atoms with Gasteiger partial charge in [-0.05, 0) is 25.7 Å². The molecule has 0 amide bonds. The topological polar surface area (TPSA) is 17.6 Å². The van der Waals surface area contributed by atoms with Gasteiger partial charge in [-0.2, -0.15) is 0 Å². The van der Waals surface area contributed by atoms with Crippen molar-refractivity contribution in [2.24, 2.45) is 14.1 Å². The standard InChI is InChI=1S/C11H21N2.C10H19N2/c1-4-5-6-7-8-13-10-9-12(3)11(13)2;1-4-5-6-7-12-9-8-11(3)10(12)2/h9-10H,4-8H2,1-3H3;8-9H,4-7H2,1-3H3/q2*+1. The van der Waals surface area contributed by atoms with Crippen molar-refractivity contribution in [1.29, 1.82) is 0 Å². The van der Waals surface area contributed by atoms with Crippen molar-refractivity contribution in [2.75, 3.05) is 0 Å². The van der Waals surface area contributed by atoms with Crippen LogP contribution >= 0.6 is 0 Å². The summed E-state index contributed by atoms with van der Waals surface area (Å²) in [5, 5.41) is 0. The van der Waals surface area contributed by atoms with Crippen LogP contribution in [0.3, 0.4) is 0 Å². The average molecular weight is 349 g/mol. The van der Waals surface area contributed by atoms with E-state index in [-0.39, 0.29) is 0 Å². The summed E-state index contributed by atoms with van der Waals surface area (Å²) >= 11 is 0. The third-order valence-electron chi connectivity index (χ3n) is 5.05. The Labute approximate surface area is 155 Å². The molecule has 0 atom stereocenters. The molecule has 0 aliphatic carbocycles. The zero-order valence-corrected chi connectivity index (χ0v) is 17.5. The second-order valence-electron chi connectivity index (χ2n) is 7.07. The minimum Gasteiger partial charge on any atom is -0.237 e. The van der Waals surface area contributed by atoms with Crippen LogP contribution in [0.1, 0.15) is 70.4 Å². The third kappa shape index (κ3) is 7.45. The quantitative estimate of drug-likeness (QED) is 0.481. The van der Waals surface area contributed by atoms with Gasteiger partial charge in [-0.3, -0.25) is 0 Å². The van der Waals surface area contributed by atoms with Crippen LogP contribution in [0, 0.1) is 13.8 Å². The van der Waals surface area contributed by atoms with E-state index in [0.29, 0.717) is 0 Å². The molecule has 0 aliphatic heterocycles. The van der Waals surface area contributed by atoms with Crippen LogP contribution < -0.4 is 9.13 Å². The van der Waals surface area contributed by atoms with Crippen LogP contribution in [0.2, 0.25) is 0 Å². The second kappa shape index (κ2) is 11.9. The lowest BCUT2D eigenvalue weighted by Crippen LogP contribution is -2.35. The first-order valence-corrected chi connectivity index (χ1v) is 10.0. The van der Waals surface area contributed by atoms with E-state index in [1.54, 1.807) is 0 Å². The Kier molecular flexibility index (Phi) is 10.2. The van der Waals surface area contributed by atoms with E-state index in [2.05, 4.69) is 84.8 Å². The number of unbranched alkanes of at least 4 members (excludes halogenated alkanes) is 5. The van der Waals surface area contributed by atoms with Crippen molar-refractivity contribution in [3.8, 4) is 0 Å². The maximum Gasteiger partial charge on any atom is 0.253 e. The Bertz CT molecular complexity index is 595. The number of imidazole rings is 2. The minimum absolute atomic E-state index is 1.17. The Morgan fingerprint density at radius 3 is 2.04 bits per heavy atom. The van der Waals surface area contributed by atoms with Crippen LogP contribution in [0.25, 0.3) is 0 Å². The Hall–Kier alpha value is -1.58. The van der Waals surface area contributed by atoms with Gasteiger partial charge in [0.25, 0.3) is 11.6 Å². The first-order valence-electron chi connectivity index (χ1n) is 10.0. The summed E-state index contributed by atoms with van der Waals surface area (Å²) in [7, 11) is 4.18. The van der Waals surface area contributed by atoms with Crippen molar-refractivity contribution in [3.05, 3.63) is 36.4 Å². The highest BCUT2D eigenvalue weighted by Crippen LogP contribution is 2.00. The fourth-order valence-electron chi connectivity index (χ4n) is 2.91. The molecule has 0 aliphatic rings. The van der Waals surface area contributed by atoms with Gasteiger partial charge < -0.3 is 0 Å². The fraction of sp³-hybridized carbons (Fsp3) is 0.714. The molecular weight excluding hydrogens is 308 g/mol. The number of rotatable bonds is 9. The van der Waals surface area contributed by atoms with Gasteiger partial charge in [0, 0.05) is 13.8 Å². The molecule has 2 aromatic rings. The summed E-state index contributed by atoms with van der Waals surface area (Å²) in [4.78, 5) is 0. The van der Waals surface area contributed by atoms with Crippen LogP contribution in [0.4, 0.5) is 0 Å². The second-order valence-corrected chi connectivity index (χ2v) is 7.07. The lowest BCUT2D eigenvalue weighted by molar-refractivity contribution is -0.702. The predicted octanol–water partition coefficient (Wildman–Crippen LogP) is 4.01. The molecular formula is C21H40N4+2. The van der Waals surface area contributed by atoms with Gasteiger partial charge in [0.05, 0.1) is 27.2 Å². The molecule has 0 saturated heterocycles. The Morgan fingerprint density at radius 1 is 0.840 bits per heavy atom. The van der Waals surface area contributed by atoms with Crippen molar-refractivity contribution in [3.63, 3.8) is 0 Å². The molecule has 0 bridgehead atoms. The van der Waals surface area contributed by atoms with E-state index in [1.807, 2.05) is 0 Å². The van der Waals surface area contributed by atoms with Gasteiger partial charge in [-0.15, -0.1) is 0 Å². The maximum atomic E-state index is 2.33. The molecule has 4 nitrogen and oxygen atoms in total. The van der Waals surface area contributed by atoms with Gasteiger partial charge in [-0.25, -0.2) is 18.3 Å². The summed E-state index contributed by atoms with van der Waals surface area (Å²) in [5.74, 6) is 2.68. The molecule has 0 N–H and O–H groups in total. The van der Waals surface area contributed by atoms with Crippen LogP contribution in [0.5, 0.6) is 0 Å². The average Bonchev–Trinajstić information content (AvgIpc) is 3.09. The third-order valence-corrected chi connectivity index (χ3v) is 5.05. The van der Waals surface area contributed by atoms with Crippen LogP contribution in [0.15, 0.2) is 24.8 Å². The van der Waals surface area contributed by atoms with Gasteiger partial charge in [0.2, 0.25) is 0 Å². The van der Waals surface area contributed by atoms with Crippen molar-refractivity contribution < 1.29 is 9.13 Å². The zero-order valence-electron chi connectivity index (χ0n) is 17.5. The van der Waals surface area contributed by atoms with Gasteiger partial charge in [-0.1, -0.05) is 33.1 Å². The highest BCUT2D eigenvalue weighted by molar-refractivity contribution is 4.79. The summed E-state index contributed by atoms with van der Waals surface area (Å²) in [5.41, 5.74) is 0. The molecule has 0 saturated carbocycles. The number of aromatic nitrogens is 4. The minimum atomic E-state index is 1.17. The van der Waals surface area contributed by atoms with E-state index >= 15 is 0 Å². The van der Waals surface area contributed by atoms with E-state index in [0.717, 1.165) is 0 Å². The number of hydrogen-bond donors (Lipinski definition) is 0. The smallest absolute Gasteiger partial charge is 0.237 e. The van der Waals surface area contributed by atoms with E-state index < -0.39 is 0 Å². The molecule has 0 unspecified atom stereocenters. The van der Waals surface area contributed by atoms with Gasteiger partial charge in [0.15, 0.2) is 0 Å². The number of aryl methyl sites for hydroxylation is 4. The molecule has 2 heterocycles. The van der Waals surface area contributed by atoms with Crippen LogP contribution in [-0.4, -0.2) is 9.13 Å². The zero-order chi connectivity index (χ0) is 18.7. The van der Waals surface area contributed by atoms with Crippen molar-refractivity contribution in [1.82, 2.24) is 9.13 Å². The summed E-state index contributed by atoms with van der Waals surface area (Å²) in [6.45, 7) is 11.2. The first kappa shape index (κ1) is 21.5. The Morgan fingerprint density at radius 2 is 1.52 bits per heavy atom. The molecule has 0 aromatic carbocycles. The van der Waals surface area contributed by atoms with E-state index in [1.165, 1.54) is 69.7 Å². The van der Waals surface area contributed by atoms with E-state index in [9.17, 15) is 0 Å². The largest absolute Gasteiger partial charge is 0.253 e. The van der Waals surface area contributed by atoms with Crippen molar-refractivity contribution in [2.45, 2.75) is 85.7 Å². The van der Waals surface area contributed by atoms with E-state index in [4.69, 9.17) is 0 Å². The van der Waals surface area contributed by atoms with Gasteiger partial charge >= 0.3 is 0 Å². The predicted molar refractivity (Wildman–Crippen MR) is 104 cm³/mol. The fourth-order valence-corrected chi connectivity index (χ4v) is 2.91. The molecule has 2 rings (SSSR count). The number of hydrogen-bond acceptors (Lipinski definition) is 0. The molecule has 0 fully saturated rings. The number of nitrogens with zero attached hydrogens (tertiary/aromatic N) is 4. The van der Waals surface area contributed by atoms with Gasteiger partial charge in [0.1, 0.15) is 24.8 Å². The SMILES string of the molecule is CCCCCC[n+]1ccn(C)c1C.CCCCCn1cc[n+](C)c1C. The molecule has 142 valence electrons. The van der Waals surface area contributed by atoms with Crippen LogP contribution in [-0.2, 0) is 27.2 Å². The molecule has 4 heteroatoms. The highest BCUT2D eigenvalue weighted by Gasteiger charge is 2.07. The first-order chi connectivity index (χ1) is 12.0. The summed E-state index contributed by atoms with van der Waals surface area (Å²) in [6, 6.07) is 0. The lowest BCUT2D eigenvalue weighted by atomic mass is 10.2.